The number of hydrogen-bond acceptors (Lipinski definition) is 6. The number of nitrogens with one attached hydrogen (secondary N) is 1. The minimum absolute atomic E-state index is 0.0129. The normalized spacial score (nSPS) is 19.9. The molecule has 1 fully saturated rings. The molecule has 0 saturated carbocycles. The molecule has 0 radical (unpaired) electrons. The van der Waals surface area contributed by atoms with Crippen molar-refractivity contribution in [2.45, 2.75) is 6.10 Å². The zero-order valence-corrected chi connectivity index (χ0v) is 9.17. The third-order valence-corrected chi connectivity index (χ3v) is 2.35. The molecule has 1 aliphatic rings. The molecule has 1 atom stereocenters. The number of pyridine rings is 1. The molecule has 2 rings (SSSR count). The summed E-state index contributed by atoms with van der Waals surface area (Å²) in [6.45, 7) is 2.40. The van der Waals surface area contributed by atoms with E-state index in [1.165, 1.54) is 12.3 Å². The number of aromatic nitrogens is 1. The molecule has 0 spiro atoms. The van der Waals surface area contributed by atoms with Gasteiger partial charge in [0.15, 0.2) is 6.20 Å². The zero-order valence-electron chi connectivity index (χ0n) is 9.17. The first-order valence-corrected chi connectivity index (χ1v) is 5.29. The van der Waals surface area contributed by atoms with Crippen molar-refractivity contribution in [3.05, 3.63) is 28.4 Å². The van der Waals surface area contributed by atoms with E-state index in [2.05, 4.69) is 10.3 Å². The standard InChI is InChI=1S/C10H13N3O4/c14-13(15)10-2-1-8(5-12-10)11-6-9-7-16-3-4-17-9/h1-2,5,9,11H,3-4,6-7H2. The van der Waals surface area contributed by atoms with Gasteiger partial charge in [-0.3, -0.25) is 0 Å². The lowest BCUT2D eigenvalue weighted by Gasteiger charge is -2.23. The van der Waals surface area contributed by atoms with E-state index in [-0.39, 0.29) is 11.9 Å². The molecule has 1 aliphatic heterocycles. The second kappa shape index (κ2) is 5.55. The Morgan fingerprint density at radius 3 is 3.00 bits per heavy atom. The molecular weight excluding hydrogens is 226 g/mol. The van der Waals surface area contributed by atoms with Crippen LogP contribution >= 0.6 is 0 Å². The molecule has 17 heavy (non-hydrogen) atoms. The highest BCUT2D eigenvalue weighted by Gasteiger charge is 2.14. The van der Waals surface area contributed by atoms with E-state index in [0.717, 1.165) is 5.69 Å². The van der Waals surface area contributed by atoms with Crippen molar-refractivity contribution in [3.8, 4) is 0 Å². The molecule has 0 aliphatic carbocycles. The molecular formula is C10H13N3O4. The van der Waals surface area contributed by atoms with E-state index < -0.39 is 4.92 Å². The number of nitrogens with zero attached hydrogens (tertiary/aromatic N) is 2. The molecule has 7 heteroatoms. The average molecular weight is 239 g/mol. The molecule has 1 saturated heterocycles. The monoisotopic (exact) mass is 239 g/mol. The predicted octanol–water partition coefficient (Wildman–Crippen LogP) is 0.817. The van der Waals surface area contributed by atoms with Crippen LogP contribution in [-0.2, 0) is 9.47 Å². The molecule has 7 nitrogen and oxygen atoms in total. The van der Waals surface area contributed by atoms with Gasteiger partial charge < -0.3 is 24.9 Å². The summed E-state index contributed by atoms with van der Waals surface area (Å²) in [5, 5.41) is 13.5. The first-order valence-electron chi connectivity index (χ1n) is 5.29. The van der Waals surface area contributed by atoms with E-state index in [1.807, 2.05) is 0 Å². The first-order chi connectivity index (χ1) is 8.25. The molecule has 1 aromatic rings. The van der Waals surface area contributed by atoms with E-state index in [4.69, 9.17) is 9.47 Å². The molecule has 92 valence electrons. The summed E-state index contributed by atoms with van der Waals surface area (Å²) in [5.74, 6) is -0.159. The Kier molecular flexibility index (Phi) is 3.84. The third kappa shape index (κ3) is 3.36. The van der Waals surface area contributed by atoms with Gasteiger partial charge >= 0.3 is 5.82 Å². The number of ether oxygens (including phenoxy) is 2. The Morgan fingerprint density at radius 2 is 2.41 bits per heavy atom. The van der Waals surface area contributed by atoms with Crippen LogP contribution in [0.3, 0.4) is 0 Å². The van der Waals surface area contributed by atoms with E-state index in [9.17, 15) is 10.1 Å². The van der Waals surface area contributed by atoms with Crippen LogP contribution in [0.2, 0.25) is 0 Å². The number of hydrogen-bond donors (Lipinski definition) is 1. The Labute approximate surface area is 97.9 Å². The van der Waals surface area contributed by atoms with Crippen LogP contribution in [-0.4, -0.2) is 42.4 Å². The molecule has 2 heterocycles. The van der Waals surface area contributed by atoms with Crippen LogP contribution in [0.15, 0.2) is 18.3 Å². The highest BCUT2D eigenvalue weighted by atomic mass is 16.6. The third-order valence-electron chi connectivity index (χ3n) is 2.35. The minimum Gasteiger partial charge on any atom is -0.379 e. The molecule has 0 aromatic carbocycles. The molecule has 0 bridgehead atoms. The van der Waals surface area contributed by atoms with Crippen molar-refractivity contribution >= 4 is 11.5 Å². The van der Waals surface area contributed by atoms with E-state index >= 15 is 0 Å². The topological polar surface area (TPSA) is 86.5 Å². The maximum atomic E-state index is 10.4. The van der Waals surface area contributed by atoms with Crippen molar-refractivity contribution in [1.82, 2.24) is 4.98 Å². The summed E-state index contributed by atoms with van der Waals surface area (Å²) in [6.07, 6.45) is 1.45. The lowest BCUT2D eigenvalue weighted by Crippen LogP contribution is -2.34. The predicted molar refractivity (Wildman–Crippen MR) is 59.9 cm³/mol. The Hall–Kier alpha value is -1.73. The van der Waals surface area contributed by atoms with Gasteiger partial charge in [-0.2, -0.15) is 0 Å². The maximum Gasteiger partial charge on any atom is 0.363 e. The number of rotatable bonds is 4. The quantitative estimate of drug-likeness (QED) is 0.618. The van der Waals surface area contributed by atoms with E-state index in [1.54, 1.807) is 6.07 Å². The summed E-state index contributed by atoms with van der Waals surface area (Å²) in [6, 6.07) is 2.98. The van der Waals surface area contributed by atoms with Crippen LogP contribution in [0.5, 0.6) is 0 Å². The summed E-state index contributed by atoms with van der Waals surface area (Å²) >= 11 is 0. The van der Waals surface area contributed by atoms with Gasteiger partial charge in [0.2, 0.25) is 0 Å². The van der Waals surface area contributed by atoms with Gasteiger partial charge in [-0.1, -0.05) is 0 Å². The highest BCUT2D eigenvalue weighted by Crippen LogP contribution is 2.12. The zero-order chi connectivity index (χ0) is 12.1. The molecule has 1 unspecified atom stereocenters. The van der Waals surface area contributed by atoms with Crippen LogP contribution in [0.25, 0.3) is 0 Å². The van der Waals surface area contributed by atoms with Crippen molar-refractivity contribution < 1.29 is 14.4 Å². The highest BCUT2D eigenvalue weighted by molar-refractivity contribution is 5.43. The second-order valence-corrected chi connectivity index (χ2v) is 3.61. The summed E-state index contributed by atoms with van der Waals surface area (Å²) in [7, 11) is 0. The van der Waals surface area contributed by atoms with Gasteiger partial charge in [0.05, 0.1) is 31.6 Å². The largest absolute Gasteiger partial charge is 0.379 e. The van der Waals surface area contributed by atoms with Crippen molar-refractivity contribution in [2.75, 3.05) is 31.7 Å². The van der Waals surface area contributed by atoms with Gasteiger partial charge in [0.1, 0.15) is 0 Å². The van der Waals surface area contributed by atoms with Gasteiger partial charge in [-0.05, 0) is 16.0 Å². The van der Waals surface area contributed by atoms with Crippen LogP contribution in [0.1, 0.15) is 0 Å². The van der Waals surface area contributed by atoms with Crippen LogP contribution < -0.4 is 5.32 Å². The second-order valence-electron chi connectivity index (χ2n) is 3.61. The Morgan fingerprint density at radius 1 is 1.53 bits per heavy atom. The van der Waals surface area contributed by atoms with Crippen LogP contribution in [0.4, 0.5) is 11.5 Å². The van der Waals surface area contributed by atoms with Crippen LogP contribution in [0, 0.1) is 10.1 Å². The first kappa shape index (κ1) is 11.7. The molecule has 1 aromatic heterocycles. The Balaban J connectivity index is 1.84. The van der Waals surface area contributed by atoms with Gasteiger partial charge in [0.25, 0.3) is 0 Å². The molecule has 1 N–H and O–H groups in total. The van der Waals surface area contributed by atoms with Crippen molar-refractivity contribution in [2.24, 2.45) is 0 Å². The average Bonchev–Trinajstić information content (AvgIpc) is 2.38. The number of anilines is 1. The lowest BCUT2D eigenvalue weighted by atomic mass is 10.3. The Bertz CT molecular complexity index is 376. The van der Waals surface area contributed by atoms with Gasteiger partial charge in [-0.15, -0.1) is 0 Å². The summed E-state index contributed by atoms with van der Waals surface area (Å²) in [4.78, 5) is 13.6. The van der Waals surface area contributed by atoms with Gasteiger partial charge in [0, 0.05) is 12.6 Å². The number of nitro groups is 1. The SMILES string of the molecule is O=[N+]([O-])c1ccc(NCC2COCCO2)cn1. The van der Waals surface area contributed by atoms with Crippen molar-refractivity contribution in [1.29, 1.82) is 0 Å². The van der Waals surface area contributed by atoms with Gasteiger partial charge in [-0.25, -0.2) is 0 Å². The van der Waals surface area contributed by atoms with E-state index in [0.29, 0.717) is 26.4 Å². The lowest BCUT2D eigenvalue weighted by molar-refractivity contribution is -0.389. The summed E-state index contributed by atoms with van der Waals surface area (Å²) < 4.78 is 10.7. The smallest absolute Gasteiger partial charge is 0.363 e. The minimum atomic E-state index is -0.526. The van der Waals surface area contributed by atoms with Crippen molar-refractivity contribution in [3.63, 3.8) is 0 Å². The summed E-state index contributed by atoms with van der Waals surface area (Å²) in [5.41, 5.74) is 0.727. The molecule has 0 amide bonds. The fraction of sp³-hybridized carbons (Fsp3) is 0.500. The maximum absolute atomic E-state index is 10.4. The fourth-order valence-corrected chi connectivity index (χ4v) is 1.48. The fourth-order valence-electron chi connectivity index (χ4n) is 1.48.